The van der Waals surface area contributed by atoms with E-state index in [1.807, 2.05) is 0 Å². The second kappa shape index (κ2) is 3.88. The van der Waals surface area contributed by atoms with Crippen LogP contribution in [-0.4, -0.2) is 27.9 Å². The largest absolute Gasteiger partial charge is 0.433 e. The number of aliphatic hydroxyl groups is 1. The highest BCUT2D eigenvalue weighted by Crippen LogP contribution is 2.37. The van der Waals surface area contributed by atoms with E-state index in [-0.39, 0.29) is 5.17 Å². The first kappa shape index (κ1) is 12.7. The maximum absolute atomic E-state index is 12.5. The zero-order valence-electron chi connectivity index (χ0n) is 7.81. The molecule has 0 aromatic rings. The van der Waals surface area contributed by atoms with Gasteiger partial charge in [0.05, 0.1) is 0 Å². The fourth-order valence-electron chi connectivity index (χ4n) is 0.978. The van der Waals surface area contributed by atoms with E-state index in [1.54, 1.807) is 0 Å². The van der Waals surface area contributed by atoms with Crippen LogP contribution in [0.3, 0.4) is 0 Å². The number of nitrogens with one attached hydrogen (secondary N) is 1. The second-order valence-electron chi connectivity index (χ2n) is 2.84. The molecule has 86 valence electrons. The summed E-state index contributed by atoms with van der Waals surface area (Å²) in [5, 5.41) is 9.44. The molecule has 8 heteroatoms. The molecule has 1 atom stereocenters. The highest BCUT2D eigenvalue weighted by molar-refractivity contribution is 8.13. The van der Waals surface area contributed by atoms with Gasteiger partial charge in [-0.3, -0.25) is 0 Å². The first-order valence-electron chi connectivity index (χ1n) is 3.79. The monoisotopic (exact) mass is 260 g/mol. The van der Waals surface area contributed by atoms with Crippen molar-refractivity contribution in [1.29, 1.82) is 0 Å². The maximum Gasteiger partial charge on any atom is 0.433 e. The highest BCUT2D eigenvalue weighted by Gasteiger charge is 2.44. The third-order valence-corrected chi connectivity index (χ3v) is 2.76. The fourth-order valence-corrected chi connectivity index (χ4v) is 1.65. The van der Waals surface area contributed by atoms with Crippen LogP contribution in [0.25, 0.3) is 0 Å². The molecule has 0 aromatic carbocycles. The van der Waals surface area contributed by atoms with Gasteiger partial charge in [-0.2, -0.15) is 13.2 Å². The summed E-state index contributed by atoms with van der Waals surface area (Å²) in [6.07, 6.45) is -3.11. The van der Waals surface area contributed by atoms with Crippen LogP contribution < -0.4 is 5.32 Å². The summed E-state index contributed by atoms with van der Waals surface area (Å²) in [6, 6.07) is 0. The number of hydrogen-bond donors (Lipinski definition) is 2. The highest BCUT2D eigenvalue weighted by atomic mass is 35.5. The lowest BCUT2D eigenvalue weighted by Crippen LogP contribution is -2.47. The number of amidine groups is 1. The van der Waals surface area contributed by atoms with E-state index in [4.69, 9.17) is 11.6 Å². The Morgan fingerprint density at radius 3 is 2.47 bits per heavy atom. The van der Waals surface area contributed by atoms with Crippen molar-refractivity contribution in [3.63, 3.8) is 0 Å². The molecule has 1 rings (SSSR count). The average Bonchev–Trinajstić information content (AvgIpc) is 2.07. The number of aliphatic imine (C=N–C) groups is 1. The van der Waals surface area contributed by atoms with E-state index in [0.717, 1.165) is 18.7 Å². The third kappa shape index (κ3) is 2.59. The number of thioether (sulfide) groups is 1. The zero-order valence-corrected chi connectivity index (χ0v) is 9.39. The minimum Gasteiger partial charge on any atom is -0.355 e. The standard InChI is InChI=1S/C7H8ClF3N2OS/c1-3-4(7(9,10)11)12-5(15-2)13-6(3,8)14/h14H,1-2H3,(H,12,13). The van der Waals surface area contributed by atoms with Crippen LogP contribution >= 0.6 is 23.4 Å². The fraction of sp³-hybridized carbons (Fsp3) is 0.571. The molecular formula is C7H8ClF3N2OS. The smallest absolute Gasteiger partial charge is 0.355 e. The quantitative estimate of drug-likeness (QED) is 0.517. The topological polar surface area (TPSA) is 44.6 Å². The van der Waals surface area contributed by atoms with Crippen molar-refractivity contribution in [2.24, 2.45) is 4.99 Å². The number of nitrogens with zero attached hydrogens (tertiary/aromatic N) is 1. The van der Waals surface area contributed by atoms with Gasteiger partial charge in [-0.15, -0.1) is 0 Å². The summed E-state index contributed by atoms with van der Waals surface area (Å²) in [5.41, 5.74) is -1.63. The first-order chi connectivity index (χ1) is 6.68. The van der Waals surface area contributed by atoms with Crippen LogP contribution in [0.4, 0.5) is 13.2 Å². The average molecular weight is 261 g/mol. The lowest BCUT2D eigenvalue weighted by atomic mass is 10.2. The van der Waals surface area contributed by atoms with E-state index >= 15 is 0 Å². The van der Waals surface area contributed by atoms with Crippen molar-refractivity contribution in [2.45, 2.75) is 18.3 Å². The minimum atomic E-state index is -4.63. The molecule has 0 aliphatic carbocycles. The molecule has 1 unspecified atom stereocenters. The minimum absolute atomic E-state index is 0.0783. The van der Waals surface area contributed by atoms with Crippen molar-refractivity contribution in [3.05, 3.63) is 11.3 Å². The van der Waals surface area contributed by atoms with Crippen molar-refractivity contribution >= 4 is 28.5 Å². The Balaban J connectivity index is 3.25. The Hall–Kier alpha value is -0.400. The van der Waals surface area contributed by atoms with Crippen molar-refractivity contribution in [3.8, 4) is 0 Å². The second-order valence-corrected chi connectivity index (χ2v) is 4.18. The molecule has 0 aromatic heterocycles. The van der Waals surface area contributed by atoms with Crippen molar-refractivity contribution in [2.75, 3.05) is 6.26 Å². The van der Waals surface area contributed by atoms with Gasteiger partial charge in [0.15, 0.2) is 10.9 Å². The molecule has 0 saturated heterocycles. The Bertz CT molecular complexity index is 338. The first-order valence-corrected chi connectivity index (χ1v) is 5.39. The van der Waals surface area contributed by atoms with Crippen molar-refractivity contribution in [1.82, 2.24) is 5.32 Å². The number of alkyl halides is 4. The van der Waals surface area contributed by atoms with Gasteiger partial charge in [0, 0.05) is 5.57 Å². The van der Waals surface area contributed by atoms with E-state index in [9.17, 15) is 18.3 Å². The summed E-state index contributed by atoms with van der Waals surface area (Å²) in [7, 11) is 0. The summed E-state index contributed by atoms with van der Waals surface area (Å²) in [4.78, 5) is 3.33. The lowest BCUT2D eigenvalue weighted by Gasteiger charge is -2.30. The molecule has 0 amide bonds. The van der Waals surface area contributed by atoms with Gasteiger partial charge >= 0.3 is 6.18 Å². The van der Waals surface area contributed by atoms with E-state index in [1.165, 1.54) is 6.26 Å². The van der Waals surface area contributed by atoms with Gasteiger partial charge in [0.1, 0.15) is 0 Å². The molecule has 0 fully saturated rings. The number of halogens is 4. The summed E-state index contributed by atoms with van der Waals surface area (Å²) < 4.78 is 37.4. The van der Waals surface area contributed by atoms with E-state index in [2.05, 4.69) is 10.3 Å². The Morgan fingerprint density at radius 2 is 2.07 bits per heavy atom. The van der Waals surface area contributed by atoms with E-state index in [0.29, 0.717) is 0 Å². The molecule has 0 bridgehead atoms. The van der Waals surface area contributed by atoms with Crippen LogP contribution in [0.1, 0.15) is 6.92 Å². The molecule has 0 spiro atoms. The predicted octanol–water partition coefficient (Wildman–Crippen LogP) is 2.03. The Kier molecular flexibility index (Phi) is 3.27. The predicted molar refractivity (Wildman–Crippen MR) is 53.6 cm³/mol. The summed E-state index contributed by atoms with van der Waals surface area (Å²) >= 11 is 6.42. The maximum atomic E-state index is 12.5. The summed E-state index contributed by atoms with van der Waals surface area (Å²) in [5.74, 6) is 0. The van der Waals surface area contributed by atoms with Gasteiger partial charge < -0.3 is 10.4 Å². The van der Waals surface area contributed by atoms with Crippen molar-refractivity contribution < 1.29 is 18.3 Å². The molecule has 15 heavy (non-hydrogen) atoms. The molecule has 1 aliphatic rings. The molecule has 1 aliphatic heterocycles. The van der Waals surface area contributed by atoms with E-state index < -0.39 is 22.6 Å². The van der Waals surface area contributed by atoms with Gasteiger partial charge in [0.2, 0.25) is 5.18 Å². The third-order valence-electron chi connectivity index (χ3n) is 1.80. The zero-order chi connectivity index (χ0) is 11.9. The van der Waals surface area contributed by atoms with Crippen LogP contribution in [-0.2, 0) is 0 Å². The van der Waals surface area contributed by atoms with Crippen LogP contribution in [0.15, 0.2) is 16.3 Å². The number of hydrogen-bond acceptors (Lipinski definition) is 4. The molecule has 1 heterocycles. The Morgan fingerprint density at radius 1 is 1.53 bits per heavy atom. The molecule has 0 radical (unpaired) electrons. The van der Waals surface area contributed by atoms with Crippen LogP contribution in [0.5, 0.6) is 0 Å². The normalized spacial score (nSPS) is 27.5. The SMILES string of the molecule is CSC1=NC(C(F)(F)F)=C(C)C(O)(Cl)N1. The molecule has 0 saturated carbocycles. The Labute approximate surface area is 93.4 Å². The molecule has 3 nitrogen and oxygen atoms in total. The number of allylic oxidation sites excluding steroid dienone is 1. The lowest BCUT2D eigenvalue weighted by molar-refractivity contribution is -0.0952. The van der Waals surface area contributed by atoms with Crippen LogP contribution in [0, 0.1) is 0 Å². The summed E-state index contributed by atoms with van der Waals surface area (Å²) in [6.45, 7) is 1.07. The van der Waals surface area contributed by atoms with Gasteiger partial charge in [0.25, 0.3) is 0 Å². The van der Waals surface area contributed by atoms with Crippen LogP contribution in [0.2, 0.25) is 0 Å². The molecular weight excluding hydrogens is 253 g/mol. The number of rotatable bonds is 0. The van der Waals surface area contributed by atoms with Gasteiger partial charge in [-0.1, -0.05) is 23.4 Å². The molecule has 2 N–H and O–H groups in total. The van der Waals surface area contributed by atoms with Gasteiger partial charge in [-0.25, -0.2) is 4.99 Å². The van der Waals surface area contributed by atoms with Gasteiger partial charge in [-0.05, 0) is 13.2 Å².